The molecule has 0 amide bonds. The fourth-order valence-electron chi connectivity index (χ4n) is 3.36. The molecule has 2 aromatic heterocycles. The zero-order valence-electron chi connectivity index (χ0n) is 13.8. The molecule has 1 aliphatic rings. The van der Waals surface area contributed by atoms with Crippen LogP contribution in [0.15, 0.2) is 48.8 Å². The number of rotatable bonds is 3. The number of benzene rings is 1. The van der Waals surface area contributed by atoms with Crippen LogP contribution < -0.4 is 4.31 Å². The first-order valence-electron chi connectivity index (χ1n) is 8.05. The third-order valence-electron chi connectivity index (χ3n) is 4.77. The summed E-state index contributed by atoms with van der Waals surface area (Å²) in [4.78, 5) is 17.4. The Morgan fingerprint density at radius 2 is 2.08 bits per heavy atom. The molecule has 1 fully saturated rings. The molecular formula is C19H19N3OS. The molecule has 1 atom stereocenters. The lowest BCUT2D eigenvalue weighted by Gasteiger charge is -2.16. The molecule has 3 heterocycles. The first kappa shape index (κ1) is 15.3. The highest BCUT2D eigenvalue weighted by molar-refractivity contribution is 8.00. The zero-order chi connectivity index (χ0) is 16.7. The number of Topliss-reactive ketones (excluding diaryl/α,β-unsaturated/α-hetero) is 1. The van der Waals surface area contributed by atoms with Crippen LogP contribution >= 0.6 is 11.9 Å². The summed E-state index contributed by atoms with van der Waals surface area (Å²) in [7, 11) is 2.03. The quantitative estimate of drug-likeness (QED) is 0.537. The van der Waals surface area contributed by atoms with Crippen molar-refractivity contribution in [3.63, 3.8) is 0 Å². The summed E-state index contributed by atoms with van der Waals surface area (Å²) in [5.41, 5.74) is 4.11. The molecular weight excluding hydrogens is 318 g/mol. The molecule has 0 aliphatic carbocycles. The highest BCUT2D eigenvalue weighted by Gasteiger charge is 2.32. The highest BCUT2D eigenvalue weighted by Crippen LogP contribution is 2.35. The Morgan fingerprint density at radius 1 is 1.25 bits per heavy atom. The normalized spacial score (nSPS) is 17.6. The monoisotopic (exact) mass is 337 g/mol. The number of hydrogen-bond donors (Lipinski definition) is 0. The van der Waals surface area contributed by atoms with E-state index in [1.807, 2.05) is 44.4 Å². The van der Waals surface area contributed by atoms with Crippen LogP contribution in [-0.4, -0.2) is 27.6 Å². The first-order chi connectivity index (χ1) is 11.7. The van der Waals surface area contributed by atoms with Crippen molar-refractivity contribution in [3.8, 4) is 0 Å². The van der Waals surface area contributed by atoms with Crippen molar-refractivity contribution in [3.05, 3.63) is 60.0 Å². The first-order valence-corrected chi connectivity index (χ1v) is 9.00. The number of hydrogen-bond acceptors (Lipinski definition) is 4. The Bertz CT molecular complexity index is 904. The van der Waals surface area contributed by atoms with E-state index in [4.69, 9.17) is 0 Å². The Kier molecular flexibility index (Phi) is 3.81. The Hall–Kier alpha value is -2.27. The maximum Gasteiger partial charge on any atom is 0.171 e. The molecule has 1 aliphatic heterocycles. The number of aryl methyl sites for hydroxylation is 1. The van der Waals surface area contributed by atoms with Crippen molar-refractivity contribution in [2.75, 3.05) is 16.6 Å². The van der Waals surface area contributed by atoms with Crippen LogP contribution in [0, 0.1) is 12.8 Å². The van der Waals surface area contributed by atoms with Gasteiger partial charge in [0, 0.05) is 47.7 Å². The topological polar surface area (TPSA) is 38.1 Å². The lowest BCUT2D eigenvalue weighted by molar-refractivity contribution is 0.0941. The summed E-state index contributed by atoms with van der Waals surface area (Å²) in [6.07, 6.45) is 3.62. The molecule has 0 saturated carbocycles. The predicted octanol–water partition coefficient (Wildman–Crippen LogP) is 3.85. The molecule has 122 valence electrons. The van der Waals surface area contributed by atoms with Crippen LogP contribution in [0.4, 0.5) is 5.69 Å². The fourth-order valence-corrected chi connectivity index (χ4v) is 4.52. The number of carbonyl (C=O) groups excluding carboxylic acids is 1. The summed E-state index contributed by atoms with van der Waals surface area (Å²) in [5, 5.41) is 1.06. The van der Waals surface area contributed by atoms with Crippen LogP contribution in [0.5, 0.6) is 0 Å². The van der Waals surface area contributed by atoms with Gasteiger partial charge in [0.1, 0.15) is 0 Å². The Morgan fingerprint density at radius 3 is 2.88 bits per heavy atom. The van der Waals surface area contributed by atoms with E-state index in [-0.39, 0.29) is 11.7 Å². The molecule has 24 heavy (non-hydrogen) atoms. The smallest absolute Gasteiger partial charge is 0.171 e. The van der Waals surface area contributed by atoms with Gasteiger partial charge >= 0.3 is 0 Å². The van der Waals surface area contributed by atoms with E-state index in [0.717, 1.165) is 40.1 Å². The molecule has 0 radical (unpaired) electrons. The lowest BCUT2D eigenvalue weighted by atomic mass is 9.96. The van der Waals surface area contributed by atoms with Gasteiger partial charge in [0.2, 0.25) is 0 Å². The summed E-state index contributed by atoms with van der Waals surface area (Å²) >= 11 is 1.71. The van der Waals surface area contributed by atoms with E-state index in [0.29, 0.717) is 0 Å². The minimum atomic E-state index is 0.0136. The Labute approximate surface area is 145 Å². The van der Waals surface area contributed by atoms with Gasteiger partial charge in [0.05, 0.1) is 17.8 Å². The highest BCUT2D eigenvalue weighted by atomic mass is 32.2. The van der Waals surface area contributed by atoms with Gasteiger partial charge in [-0.25, -0.2) is 0 Å². The molecule has 0 bridgehead atoms. The zero-order valence-corrected chi connectivity index (χ0v) is 14.6. The third-order valence-corrected chi connectivity index (χ3v) is 5.99. The van der Waals surface area contributed by atoms with Crippen molar-refractivity contribution in [2.24, 2.45) is 13.0 Å². The maximum absolute atomic E-state index is 13.2. The third kappa shape index (κ3) is 2.40. The predicted molar refractivity (Wildman–Crippen MR) is 99.5 cm³/mol. The number of carbonyl (C=O) groups is 1. The average molecular weight is 337 g/mol. The number of anilines is 1. The molecule has 0 spiro atoms. The standard InChI is InChI=1S/C19H19N3OS/c1-13-18(16-7-3-4-8-17(16)21(13)2)19(23)14-11-22(24-12-14)15-6-5-9-20-10-15/h3-10,14H,11-12H2,1-2H3. The van der Waals surface area contributed by atoms with E-state index >= 15 is 0 Å². The molecule has 5 heteroatoms. The molecule has 4 rings (SSSR count). The minimum Gasteiger partial charge on any atom is -0.347 e. The number of pyridine rings is 1. The summed E-state index contributed by atoms with van der Waals surface area (Å²) in [6.45, 7) is 2.77. The summed E-state index contributed by atoms with van der Waals surface area (Å²) < 4.78 is 4.29. The van der Waals surface area contributed by atoms with E-state index in [1.165, 1.54) is 0 Å². The lowest BCUT2D eigenvalue weighted by Crippen LogP contribution is -2.22. The molecule has 3 aromatic rings. The second kappa shape index (κ2) is 5.98. The van der Waals surface area contributed by atoms with Crippen LogP contribution in [0.3, 0.4) is 0 Å². The van der Waals surface area contributed by atoms with Crippen LogP contribution in [0.1, 0.15) is 16.1 Å². The van der Waals surface area contributed by atoms with Gasteiger partial charge in [0.25, 0.3) is 0 Å². The van der Waals surface area contributed by atoms with Crippen molar-refractivity contribution < 1.29 is 4.79 Å². The van der Waals surface area contributed by atoms with Crippen LogP contribution in [0.2, 0.25) is 0 Å². The maximum atomic E-state index is 13.2. The molecule has 1 saturated heterocycles. The van der Waals surface area contributed by atoms with Crippen LogP contribution in [0.25, 0.3) is 10.9 Å². The van der Waals surface area contributed by atoms with Crippen LogP contribution in [-0.2, 0) is 7.05 Å². The number of ketones is 1. The number of nitrogens with zero attached hydrogens (tertiary/aromatic N) is 3. The van der Waals surface area contributed by atoms with Gasteiger partial charge in [-0.2, -0.15) is 0 Å². The summed E-state index contributed by atoms with van der Waals surface area (Å²) in [6, 6.07) is 12.1. The van der Waals surface area contributed by atoms with Gasteiger partial charge in [-0.15, -0.1) is 0 Å². The molecule has 1 aromatic carbocycles. The number of para-hydroxylation sites is 1. The van der Waals surface area contributed by atoms with Crippen molar-refractivity contribution in [1.82, 2.24) is 9.55 Å². The second-order valence-corrected chi connectivity index (χ2v) is 7.20. The molecule has 1 unspecified atom stereocenters. The number of aromatic nitrogens is 2. The van der Waals surface area contributed by atoms with Gasteiger partial charge < -0.3 is 8.87 Å². The van der Waals surface area contributed by atoms with E-state index in [1.54, 1.807) is 18.1 Å². The van der Waals surface area contributed by atoms with Gasteiger partial charge in [-0.3, -0.25) is 9.78 Å². The molecule has 4 nitrogen and oxygen atoms in total. The Balaban J connectivity index is 1.65. The summed E-state index contributed by atoms with van der Waals surface area (Å²) in [5.74, 6) is 1.08. The van der Waals surface area contributed by atoms with Crippen molar-refractivity contribution >= 4 is 34.3 Å². The van der Waals surface area contributed by atoms with E-state index < -0.39 is 0 Å². The van der Waals surface area contributed by atoms with Crippen molar-refractivity contribution in [2.45, 2.75) is 6.92 Å². The van der Waals surface area contributed by atoms with E-state index in [9.17, 15) is 4.79 Å². The van der Waals surface area contributed by atoms with Gasteiger partial charge in [0.15, 0.2) is 5.78 Å². The number of fused-ring (bicyclic) bond motifs is 1. The minimum absolute atomic E-state index is 0.0136. The largest absolute Gasteiger partial charge is 0.347 e. The van der Waals surface area contributed by atoms with Gasteiger partial charge in [-0.1, -0.05) is 18.2 Å². The average Bonchev–Trinajstić information content (AvgIpc) is 3.20. The fraction of sp³-hybridized carbons (Fsp3) is 0.263. The van der Waals surface area contributed by atoms with Crippen molar-refractivity contribution in [1.29, 1.82) is 0 Å². The van der Waals surface area contributed by atoms with Gasteiger partial charge in [-0.05, 0) is 37.1 Å². The molecule has 0 N–H and O–H groups in total. The second-order valence-electron chi connectivity index (χ2n) is 6.17. The SMILES string of the molecule is Cc1c(C(=O)C2CSN(c3cccnc3)C2)c2ccccc2n1C. The van der Waals surface area contributed by atoms with E-state index in [2.05, 4.69) is 26.0 Å².